The van der Waals surface area contributed by atoms with Crippen LogP contribution < -0.4 is 4.74 Å². The van der Waals surface area contributed by atoms with Crippen LogP contribution in [-0.2, 0) is 6.42 Å². The van der Waals surface area contributed by atoms with Gasteiger partial charge in [-0.3, -0.25) is 0 Å². The Morgan fingerprint density at radius 2 is 2.26 bits per heavy atom. The highest BCUT2D eigenvalue weighted by Gasteiger charge is 2.43. The van der Waals surface area contributed by atoms with Gasteiger partial charge in [0.05, 0.1) is 18.8 Å². The number of rotatable bonds is 4. The average molecular weight is 257 g/mol. The molecule has 3 nitrogen and oxygen atoms in total. The van der Waals surface area contributed by atoms with E-state index in [9.17, 15) is 5.11 Å². The van der Waals surface area contributed by atoms with E-state index in [1.807, 2.05) is 18.2 Å². The van der Waals surface area contributed by atoms with Gasteiger partial charge >= 0.3 is 0 Å². The Hall–Kier alpha value is -1.53. The molecule has 2 aliphatic carbocycles. The Balaban J connectivity index is 1.75. The first-order valence-corrected chi connectivity index (χ1v) is 7.04. The second-order valence-corrected chi connectivity index (χ2v) is 5.86. The molecule has 100 valence electrons. The van der Waals surface area contributed by atoms with Crippen LogP contribution in [0.25, 0.3) is 0 Å². The largest absolute Gasteiger partial charge is 0.493 e. The van der Waals surface area contributed by atoms with Gasteiger partial charge in [-0.25, -0.2) is 0 Å². The highest BCUT2D eigenvalue weighted by molar-refractivity contribution is 5.43. The van der Waals surface area contributed by atoms with Crippen LogP contribution in [0.2, 0.25) is 0 Å². The molecule has 0 aromatic heterocycles. The van der Waals surface area contributed by atoms with Gasteiger partial charge < -0.3 is 9.84 Å². The van der Waals surface area contributed by atoms with E-state index in [0.29, 0.717) is 13.0 Å². The molecule has 1 aromatic rings. The van der Waals surface area contributed by atoms with Crippen molar-refractivity contribution in [2.24, 2.45) is 5.41 Å². The summed E-state index contributed by atoms with van der Waals surface area (Å²) in [5, 5.41) is 18.8. The lowest BCUT2D eigenvalue weighted by atomic mass is 9.89. The summed E-state index contributed by atoms with van der Waals surface area (Å²) >= 11 is 0. The summed E-state index contributed by atoms with van der Waals surface area (Å²) in [5.41, 5.74) is 2.29. The first kappa shape index (κ1) is 12.5. The van der Waals surface area contributed by atoms with E-state index in [1.54, 1.807) is 0 Å². The van der Waals surface area contributed by atoms with Gasteiger partial charge in [-0.2, -0.15) is 5.26 Å². The third-order valence-electron chi connectivity index (χ3n) is 4.38. The zero-order chi connectivity index (χ0) is 13.3. The van der Waals surface area contributed by atoms with Crippen LogP contribution in [-0.4, -0.2) is 11.7 Å². The van der Waals surface area contributed by atoms with Crippen LogP contribution in [0.4, 0.5) is 0 Å². The van der Waals surface area contributed by atoms with Gasteiger partial charge in [0.25, 0.3) is 0 Å². The number of nitrogens with zero attached hydrogens (tertiary/aromatic N) is 1. The predicted molar refractivity (Wildman–Crippen MR) is 71.7 cm³/mol. The van der Waals surface area contributed by atoms with Crippen LogP contribution in [0.3, 0.4) is 0 Å². The summed E-state index contributed by atoms with van der Waals surface area (Å²) in [4.78, 5) is 0. The maximum absolute atomic E-state index is 10.0. The Kier molecular flexibility index (Phi) is 3.20. The van der Waals surface area contributed by atoms with Gasteiger partial charge in [0, 0.05) is 11.8 Å². The number of ether oxygens (including phenoxy) is 1. The highest BCUT2D eigenvalue weighted by Crippen LogP contribution is 2.49. The lowest BCUT2D eigenvalue weighted by Crippen LogP contribution is -2.15. The molecule has 0 saturated heterocycles. The number of aliphatic hydroxyl groups is 1. The Bertz CT molecular complexity index is 514. The topological polar surface area (TPSA) is 53.2 Å². The molecule has 3 heteroatoms. The maximum Gasteiger partial charge on any atom is 0.122 e. The monoisotopic (exact) mass is 257 g/mol. The van der Waals surface area contributed by atoms with E-state index >= 15 is 0 Å². The van der Waals surface area contributed by atoms with Crippen LogP contribution >= 0.6 is 0 Å². The fourth-order valence-corrected chi connectivity index (χ4v) is 2.87. The smallest absolute Gasteiger partial charge is 0.122 e. The summed E-state index contributed by atoms with van der Waals surface area (Å²) in [6.45, 7) is 0.632. The van der Waals surface area contributed by atoms with Crippen molar-refractivity contribution in [3.63, 3.8) is 0 Å². The summed E-state index contributed by atoms with van der Waals surface area (Å²) in [7, 11) is 0. The van der Waals surface area contributed by atoms with Crippen molar-refractivity contribution >= 4 is 0 Å². The van der Waals surface area contributed by atoms with Gasteiger partial charge in [-0.15, -0.1) is 0 Å². The number of aliphatic hydroxyl groups excluding tert-OH is 1. The number of benzene rings is 1. The minimum Gasteiger partial charge on any atom is -0.493 e. The Morgan fingerprint density at radius 1 is 1.42 bits per heavy atom. The Morgan fingerprint density at radius 3 is 3.00 bits per heavy atom. The molecule has 0 spiro atoms. The van der Waals surface area contributed by atoms with Gasteiger partial charge in [-0.1, -0.05) is 12.1 Å². The molecule has 0 radical (unpaired) electrons. The maximum atomic E-state index is 10.0. The second kappa shape index (κ2) is 4.86. The molecule has 2 aliphatic rings. The molecule has 1 atom stereocenters. The van der Waals surface area contributed by atoms with Crippen LogP contribution in [0, 0.1) is 16.7 Å². The molecule has 1 fully saturated rings. The van der Waals surface area contributed by atoms with Crippen LogP contribution in [0.5, 0.6) is 5.75 Å². The van der Waals surface area contributed by atoms with Crippen molar-refractivity contribution in [2.45, 2.75) is 44.6 Å². The highest BCUT2D eigenvalue weighted by atomic mass is 16.5. The molecule has 3 rings (SSSR count). The van der Waals surface area contributed by atoms with Gasteiger partial charge in [0.15, 0.2) is 0 Å². The lowest BCUT2D eigenvalue weighted by molar-refractivity contribution is 0.154. The zero-order valence-corrected chi connectivity index (χ0v) is 11.1. The van der Waals surface area contributed by atoms with Gasteiger partial charge in [0.2, 0.25) is 0 Å². The number of hydrogen-bond acceptors (Lipinski definition) is 3. The summed E-state index contributed by atoms with van der Waals surface area (Å²) in [5.74, 6) is 0.903. The minimum atomic E-state index is -0.346. The van der Waals surface area contributed by atoms with Crippen molar-refractivity contribution in [2.75, 3.05) is 6.61 Å². The molecule has 19 heavy (non-hydrogen) atoms. The molecule has 0 amide bonds. The van der Waals surface area contributed by atoms with E-state index in [2.05, 4.69) is 6.07 Å². The van der Waals surface area contributed by atoms with E-state index in [0.717, 1.165) is 49.0 Å². The first-order chi connectivity index (χ1) is 9.24. The van der Waals surface area contributed by atoms with Crippen molar-refractivity contribution < 1.29 is 9.84 Å². The van der Waals surface area contributed by atoms with E-state index < -0.39 is 0 Å². The molecule has 0 aliphatic heterocycles. The number of fused-ring (bicyclic) bond motifs is 1. The second-order valence-electron chi connectivity index (χ2n) is 5.86. The molecule has 1 aromatic carbocycles. The lowest BCUT2D eigenvalue weighted by Gasteiger charge is -2.24. The normalized spacial score (nSPS) is 23.3. The number of nitriles is 1. The van der Waals surface area contributed by atoms with Crippen LogP contribution in [0.15, 0.2) is 18.2 Å². The van der Waals surface area contributed by atoms with E-state index in [-0.39, 0.29) is 11.5 Å². The molecule has 0 heterocycles. The van der Waals surface area contributed by atoms with Gasteiger partial charge in [-0.05, 0) is 49.3 Å². The summed E-state index contributed by atoms with van der Waals surface area (Å²) in [6, 6.07) is 8.19. The fraction of sp³-hybridized carbons (Fsp3) is 0.562. The summed E-state index contributed by atoms with van der Waals surface area (Å²) in [6.07, 6.45) is 5.27. The molecule has 1 saturated carbocycles. The molecular formula is C16H19NO2. The molecular weight excluding hydrogens is 238 g/mol. The zero-order valence-electron chi connectivity index (χ0n) is 11.1. The van der Waals surface area contributed by atoms with E-state index in [1.165, 1.54) is 0 Å². The average Bonchev–Trinajstić information content (AvgIpc) is 3.18. The van der Waals surface area contributed by atoms with Crippen molar-refractivity contribution in [1.82, 2.24) is 0 Å². The predicted octanol–water partition coefficient (Wildman–Crippen LogP) is 3.13. The van der Waals surface area contributed by atoms with Crippen molar-refractivity contribution in [3.05, 3.63) is 29.3 Å². The van der Waals surface area contributed by atoms with Crippen molar-refractivity contribution in [1.29, 1.82) is 5.26 Å². The SMILES string of the molecule is N#CCC1(COc2cccc3c2CCCC3O)CC1. The van der Waals surface area contributed by atoms with Crippen molar-refractivity contribution in [3.8, 4) is 11.8 Å². The standard InChI is InChI=1S/C16H19NO2/c17-10-9-16(7-8-16)11-19-15-6-2-3-12-13(15)4-1-5-14(12)18/h2-3,6,14,18H,1,4-5,7-9,11H2. The van der Waals surface area contributed by atoms with Gasteiger partial charge in [0.1, 0.15) is 5.75 Å². The molecule has 1 unspecified atom stereocenters. The third kappa shape index (κ3) is 2.46. The molecule has 0 bridgehead atoms. The molecule has 1 N–H and O–H groups in total. The van der Waals surface area contributed by atoms with E-state index in [4.69, 9.17) is 10.00 Å². The number of hydrogen-bond donors (Lipinski definition) is 1. The fourth-order valence-electron chi connectivity index (χ4n) is 2.87. The quantitative estimate of drug-likeness (QED) is 0.901. The van der Waals surface area contributed by atoms with Crippen LogP contribution in [0.1, 0.15) is 49.3 Å². The minimum absolute atomic E-state index is 0.102. The third-order valence-corrected chi connectivity index (χ3v) is 4.38. The summed E-state index contributed by atoms with van der Waals surface area (Å²) < 4.78 is 5.97. The Labute approximate surface area is 113 Å². The first-order valence-electron chi connectivity index (χ1n) is 7.04.